The molecule has 23 nitrogen and oxygen atoms in total. The Morgan fingerprint density at radius 2 is 0.941 bits per heavy atom. The number of likely N-dealkylation sites (N-methyl/N-ethyl adjacent to an activating group) is 2. The second kappa shape index (κ2) is 37.4. The van der Waals surface area contributed by atoms with Crippen LogP contribution < -0.4 is 42.5 Å². The smallest absolute Gasteiger partial charge is 0.245 e. The molecule has 0 aliphatic carbocycles. The molecular weight excluding hydrogens is 1090 g/mol. The van der Waals surface area contributed by atoms with Crippen LogP contribution >= 0.6 is 0 Å². The van der Waals surface area contributed by atoms with E-state index in [2.05, 4.69) is 42.5 Å². The Balaban J connectivity index is 3.38. The Labute approximate surface area is 508 Å². The molecule has 9 N–H and O–H groups in total. The predicted molar refractivity (Wildman–Crippen MR) is 328 cm³/mol. The number of hydrogen-bond acceptors (Lipinski definition) is 12. The molecule has 0 spiro atoms. The van der Waals surface area contributed by atoms with Crippen molar-refractivity contribution in [3.63, 3.8) is 0 Å². The Kier molecular flexibility index (Phi) is 33.9. The van der Waals surface area contributed by atoms with Crippen LogP contribution in [0.3, 0.4) is 0 Å². The molecule has 1 rings (SSSR count). The number of nitrogens with zero attached hydrogens (tertiary/aromatic N) is 3. The summed E-state index contributed by atoms with van der Waals surface area (Å²) in [5, 5.41) is 33.5. The molecule has 1 fully saturated rings. The van der Waals surface area contributed by atoms with E-state index in [1.165, 1.54) is 37.7 Å². The first kappa shape index (κ1) is 76.9. The van der Waals surface area contributed by atoms with E-state index in [-0.39, 0.29) is 61.3 Å². The minimum absolute atomic E-state index is 0.000714. The number of likely N-dealkylation sites (tertiary alicyclic amines) is 1. The molecule has 0 radical (unpaired) electrons. The van der Waals surface area contributed by atoms with Crippen molar-refractivity contribution in [2.75, 3.05) is 20.6 Å². The van der Waals surface area contributed by atoms with Crippen molar-refractivity contribution in [2.45, 2.75) is 255 Å². The van der Waals surface area contributed by atoms with Crippen LogP contribution in [0.5, 0.6) is 0 Å². The van der Waals surface area contributed by atoms with Gasteiger partial charge >= 0.3 is 0 Å². The van der Waals surface area contributed by atoms with Crippen LogP contribution in [-0.4, -0.2) is 178 Å². The summed E-state index contributed by atoms with van der Waals surface area (Å²) >= 11 is 0. The van der Waals surface area contributed by atoms with Gasteiger partial charge < -0.3 is 62.3 Å². The quantitative estimate of drug-likeness (QED) is 0.0319. The number of rotatable bonds is 37. The number of carbonyl (C=O) groups is 11. The Bertz CT molecular complexity index is 2240. The lowest BCUT2D eigenvalue weighted by Crippen LogP contribution is -2.63. The third kappa shape index (κ3) is 25.4. The van der Waals surface area contributed by atoms with Crippen molar-refractivity contribution in [2.24, 2.45) is 41.4 Å². The normalized spacial score (nSPS) is 17.8. The maximum absolute atomic E-state index is 14.6. The average Bonchev–Trinajstić information content (AvgIpc) is 3.86. The van der Waals surface area contributed by atoms with E-state index in [1.54, 1.807) is 46.4 Å². The lowest BCUT2D eigenvalue weighted by molar-refractivity contribution is -0.144. The standard InChI is InChI=1S/C62H111N11O12/c1-21-23-24-26-40(15)52(75)51(60(83)65-44(22-2)62(85)73-28-25-27-41(73)16)70-59(82)50(39(13)14)69-57(80)48(32-37(9)10)72(20)61(84)46(30-35(5)6)67-54(77)43(18)63-53(76)42(17)64-55(78)45(29-34(3)4)66-58(81)49(38(11)12)68-56(79)47(31-36(7)8)71(19)33-74/h23-24,33-52,75H,21-22,25-32H2,1-20H3,(H,63,76)(H,64,78)(H,65,83)(H,66,81)(H,67,77)(H,68,79)(H,69,80)(H,70,82)/b24-23+/t40-,41-,42?,43-,44?,45-,46+,47-,48+,49-,50+,51+,52-/m1/s1. The van der Waals surface area contributed by atoms with Crippen molar-refractivity contribution >= 4 is 65.5 Å². The average molecular weight is 1200 g/mol. The highest BCUT2D eigenvalue weighted by atomic mass is 16.3. The van der Waals surface area contributed by atoms with Gasteiger partial charge in [-0.05, 0) is 120 Å². The van der Waals surface area contributed by atoms with Gasteiger partial charge in [-0.2, -0.15) is 0 Å². The van der Waals surface area contributed by atoms with E-state index < -0.39 is 137 Å². The summed E-state index contributed by atoms with van der Waals surface area (Å²) in [4.78, 5) is 156. The van der Waals surface area contributed by atoms with E-state index in [4.69, 9.17) is 0 Å². The van der Waals surface area contributed by atoms with Crippen LogP contribution in [0.4, 0.5) is 0 Å². The van der Waals surface area contributed by atoms with Crippen molar-refractivity contribution < 1.29 is 57.8 Å². The predicted octanol–water partition coefficient (Wildman–Crippen LogP) is 3.46. The highest BCUT2D eigenvalue weighted by Crippen LogP contribution is 2.21. The molecule has 2 unspecified atom stereocenters. The molecule has 1 saturated heterocycles. The molecule has 11 amide bonds. The van der Waals surface area contributed by atoms with Crippen LogP contribution in [0.1, 0.15) is 182 Å². The number of nitrogens with one attached hydrogen (secondary N) is 8. The van der Waals surface area contributed by atoms with Crippen LogP contribution in [0, 0.1) is 41.4 Å². The molecule has 0 aromatic rings. The Hall–Kier alpha value is -6.13. The summed E-state index contributed by atoms with van der Waals surface area (Å²) in [5.74, 6) is -8.21. The van der Waals surface area contributed by atoms with Gasteiger partial charge in [-0.3, -0.25) is 52.7 Å². The summed E-state index contributed by atoms with van der Waals surface area (Å²) < 4.78 is 0. The molecule has 0 bridgehead atoms. The molecule has 85 heavy (non-hydrogen) atoms. The maximum atomic E-state index is 14.6. The van der Waals surface area contributed by atoms with Crippen molar-refractivity contribution in [1.82, 2.24) is 57.2 Å². The first-order valence-electron chi connectivity index (χ1n) is 31.0. The maximum Gasteiger partial charge on any atom is 0.245 e. The summed E-state index contributed by atoms with van der Waals surface area (Å²) in [7, 11) is 2.92. The fourth-order valence-electron chi connectivity index (χ4n) is 10.1. The fraction of sp³-hybridized carbons (Fsp3) is 0.790. The number of hydrogen-bond donors (Lipinski definition) is 9. The number of aliphatic hydroxyl groups excluding tert-OH is 1. The van der Waals surface area contributed by atoms with Crippen molar-refractivity contribution in [1.29, 1.82) is 0 Å². The summed E-state index contributed by atoms with van der Waals surface area (Å²) in [6, 6.07) is -11.5. The molecule has 13 atom stereocenters. The summed E-state index contributed by atoms with van der Waals surface area (Å²) in [6.45, 7) is 32.6. The third-order valence-corrected chi connectivity index (χ3v) is 15.4. The Morgan fingerprint density at radius 3 is 1.40 bits per heavy atom. The number of amides is 11. The Morgan fingerprint density at radius 1 is 0.518 bits per heavy atom. The highest BCUT2D eigenvalue weighted by Gasteiger charge is 2.41. The minimum Gasteiger partial charge on any atom is -0.390 e. The lowest BCUT2D eigenvalue weighted by atomic mass is 9.92. The third-order valence-electron chi connectivity index (χ3n) is 15.4. The second-order valence-corrected chi connectivity index (χ2v) is 25.9. The first-order valence-corrected chi connectivity index (χ1v) is 31.0. The van der Waals surface area contributed by atoms with Crippen LogP contribution in [0.15, 0.2) is 12.2 Å². The molecule has 23 heteroatoms. The van der Waals surface area contributed by atoms with Gasteiger partial charge in [-0.1, -0.05) is 116 Å². The topological polar surface area (TPSA) is 314 Å². The van der Waals surface area contributed by atoms with Crippen molar-refractivity contribution in [3.8, 4) is 0 Å². The van der Waals surface area contributed by atoms with Gasteiger partial charge in [0.25, 0.3) is 0 Å². The molecule has 1 aliphatic rings. The first-order chi connectivity index (χ1) is 39.5. The zero-order chi connectivity index (χ0) is 65.3. The van der Waals surface area contributed by atoms with Gasteiger partial charge in [0.1, 0.15) is 60.4 Å². The van der Waals surface area contributed by atoms with E-state index in [1.807, 2.05) is 81.4 Å². The second-order valence-electron chi connectivity index (χ2n) is 25.9. The van der Waals surface area contributed by atoms with Crippen LogP contribution in [0.2, 0.25) is 0 Å². The fourth-order valence-corrected chi connectivity index (χ4v) is 10.1. The van der Waals surface area contributed by atoms with Gasteiger partial charge in [0, 0.05) is 26.7 Å². The molecule has 0 aromatic carbocycles. The van der Waals surface area contributed by atoms with Crippen LogP contribution in [-0.2, 0) is 52.7 Å². The van der Waals surface area contributed by atoms with Gasteiger partial charge in [0.15, 0.2) is 0 Å². The molecular formula is C62H111N11O12. The van der Waals surface area contributed by atoms with Crippen LogP contribution in [0.25, 0.3) is 0 Å². The molecule has 0 saturated carbocycles. The van der Waals surface area contributed by atoms with E-state index >= 15 is 0 Å². The monoisotopic (exact) mass is 1200 g/mol. The zero-order valence-corrected chi connectivity index (χ0v) is 55.1. The largest absolute Gasteiger partial charge is 0.390 e. The van der Waals surface area contributed by atoms with Crippen molar-refractivity contribution in [3.05, 3.63) is 12.2 Å². The summed E-state index contributed by atoms with van der Waals surface area (Å²) in [6.07, 6.45) is 6.86. The number of allylic oxidation sites excluding steroid dienone is 2. The number of carbonyl (C=O) groups excluding carboxylic acids is 11. The van der Waals surface area contributed by atoms with E-state index in [9.17, 15) is 57.8 Å². The summed E-state index contributed by atoms with van der Waals surface area (Å²) in [5.41, 5.74) is 0. The van der Waals surface area contributed by atoms with Gasteiger partial charge in [0.2, 0.25) is 65.5 Å². The van der Waals surface area contributed by atoms with Gasteiger partial charge in [-0.25, -0.2) is 0 Å². The minimum atomic E-state index is -1.51. The molecule has 1 heterocycles. The van der Waals surface area contributed by atoms with E-state index in [0.29, 0.717) is 25.8 Å². The molecule has 0 aromatic heterocycles. The lowest BCUT2D eigenvalue weighted by Gasteiger charge is -2.35. The number of aliphatic hydroxyl groups is 1. The molecule has 1 aliphatic heterocycles. The molecule has 486 valence electrons. The highest BCUT2D eigenvalue weighted by molar-refractivity contribution is 5.99. The zero-order valence-electron chi connectivity index (χ0n) is 55.1. The van der Waals surface area contributed by atoms with Gasteiger partial charge in [-0.15, -0.1) is 0 Å². The van der Waals surface area contributed by atoms with E-state index in [0.717, 1.165) is 19.3 Å². The SMILES string of the molecule is CC/C=C/C[C@@H](C)[C@@H](O)[C@H](NC(=O)[C@@H](NC(=O)[C@H](CC(C)C)N(C)C(=O)[C@H](CC(C)C)NC(=O)[C@@H](C)NC(=O)C(C)NC(=O)[C@@H](CC(C)C)NC(=O)[C@H](NC(=O)[C@@H](CC(C)C)N(C)C=O)C(C)C)C(C)C)C(=O)NC(CC)C(=O)N1CCC[C@H]1C. The van der Waals surface area contributed by atoms with Gasteiger partial charge in [0.05, 0.1) is 6.10 Å².